The van der Waals surface area contributed by atoms with Crippen LogP contribution in [0.4, 0.5) is 0 Å². The van der Waals surface area contributed by atoms with Crippen LogP contribution >= 0.6 is 0 Å². The lowest BCUT2D eigenvalue weighted by molar-refractivity contribution is -0.136. The van der Waals surface area contributed by atoms with E-state index in [2.05, 4.69) is 0 Å². The van der Waals surface area contributed by atoms with E-state index in [1.807, 2.05) is 93.3 Å². The Labute approximate surface area is 141 Å². The van der Waals surface area contributed by atoms with Crippen molar-refractivity contribution in [2.24, 2.45) is 0 Å². The Balaban J connectivity index is 2.48. The Morgan fingerprint density at radius 2 is 1.39 bits per heavy atom. The van der Waals surface area contributed by atoms with Gasteiger partial charge in [-0.05, 0) is 45.2 Å². The highest BCUT2D eigenvalue weighted by molar-refractivity contribution is 5.84. The standard InChI is InChI=1S/C21H27NO/c1-16(2)22(17(3)4)21(23)20(19-13-9-6-10-14-19)15-18-11-7-5-8-12-18/h5-14,16-17,20H,15H2,1-4H3/i20D. The predicted molar refractivity (Wildman–Crippen MR) is 96.4 cm³/mol. The fourth-order valence-electron chi connectivity index (χ4n) is 2.96. The summed E-state index contributed by atoms with van der Waals surface area (Å²) in [6.45, 7) is 8.02. The predicted octanol–water partition coefficient (Wildman–Crippen LogP) is 4.66. The third-order valence-electron chi connectivity index (χ3n) is 3.95. The van der Waals surface area contributed by atoms with E-state index in [0.29, 0.717) is 6.42 Å². The van der Waals surface area contributed by atoms with Crippen LogP contribution < -0.4 is 0 Å². The average molecular weight is 310 g/mol. The van der Waals surface area contributed by atoms with Crippen LogP contribution in [0.5, 0.6) is 0 Å². The van der Waals surface area contributed by atoms with Crippen LogP contribution in [0.1, 0.15) is 46.1 Å². The zero-order valence-corrected chi connectivity index (χ0v) is 14.5. The maximum Gasteiger partial charge on any atom is 0.230 e. The zero-order valence-electron chi connectivity index (χ0n) is 15.5. The van der Waals surface area contributed by atoms with Gasteiger partial charge in [0.2, 0.25) is 5.91 Å². The third-order valence-corrected chi connectivity index (χ3v) is 3.95. The minimum atomic E-state index is -1.32. The van der Waals surface area contributed by atoms with E-state index in [1.165, 1.54) is 0 Å². The van der Waals surface area contributed by atoms with Gasteiger partial charge >= 0.3 is 0 Å². The van der Waals surface area contributed by atoms with Gasteiger partial charge in [-0.25, -0.2) is 0 Å². The van der Waals surface area contributed by atoms with Gasteiger partial charge in [-0.2, -0.15) is 0 Å². The van der Waals surface area contributed by atoms with Gasteiger partial charge in [0.15, 0.2) is 0 Å². The summed E-state index contributed by atoms with van der Waals surface area (Å²) < 4.78 is 9.13. The molecule has 0 fully saturated rings. The molecule has 0 aromatic heterocycles. The van der Waals surface area contributed by atoms with E-state index in [1.54, 1.807) is 0 Å². The molecule has 0 saturated carbocycles. The molecule has 122 valence electrons. The molecule has 0 aliphatic carbocycles. The highest BCUT2D eigenvalue weighted by Gasteiger charge is 2.29. The van der Waals surface area contributed by atoms with Gasteiger partial charge in [0.1, 0.15) is 0 Å². The third kappa shape index (κ3) is 4.44. The summed E-state index contributed by atoms with van der Waals surface area (Å²) in [5.41, 5.74) is 1.74. The Bertz CT molecular complexity index is 646. The van der Waals surface area contributed by atoms with Crippen LogP contribution in [0.3, 0.4) is 0 Å². The number of rotatable bonds is 6. The van der Waals surface area contributed by atoms with E-state index in [-0.39, 0.29) is 18.0 Å². The maximum atomic E-state index is 13.4. The Morgan fingerprint density at radius 1 is 0.913 bits per heavy atom. The smallest absolute Gasteiger partial charge is 0.230 e. The van der Waals surface area contributed by atoms with Gasteiger partial charge < -0.3 is 4.90 Å². The van der Waals surface area contributed by atoms with Gasteiger partial charge in [0.05, 0.1) is 5.89 Å². The minimum absolute atomic E-state index is 0.0571. The summed E-state index contributed by atoms with van der Waals surface area (Å²) in [5, 5.41) is 0. The van der Waals surface area contributed by atoms with Crippen molar-refractivity contribution in [3.8, 4) is 0 Å². The first kappa shape index (κ1) is 15.8. The molecule has 2 nitrogen and oxygen atoms in total. The van der Waals surface area contributed by atoms with Crippen LogP contribution in [0, 0.1) is 0 Å². The van der Waals surface area contributed by atoms with E-state index in [0.717, 1.165) is 11.1 Å². The minimum Gasteiger partial charge on any atom is -0.337 e. The topological polar surface area (TPSA) is 20.3 Å². The normalized spacial score (nSPS) is 14.4. The molecule has 0 heterocycles. The van der Waals surface area contributed by atoms with E-state index in [9.17, 15) is 4.79 Å². The monoisotopic (exact) mass is 310 g/mol. The largest absolute Gasteiger partial charge is 0.337 e. The number of amides is 1. The molecular formula is C21H27NO. The van der Waals surface area contributed by atoms with Crippen LogP contribution in [-0.2, 0) is 11.2 Å². The van der Waals surface area contributed by atoms with Crippen LogP contribution in [0.25, 0.3) is 0 Å². The van der Waals surface area contributed by atoms with Crippen molar-refractivity contribution in [1.29, 1.82) is 0 Å². The summed E-state index contributed by atoms with van der Waals surface area (Å²) in [5.74, 6) is -1.46. The first-order valence-electron chi connectivity index (χ1n) is 8.78. The fourth-order valence-corrected chi connectivity index (χ4v) is 2.96. The number of nitrogens with zero attached hydrogens (tertiary/aromatic N) is 1. The Morgan fingerprint density at radius 3 is 1.87 bits per heavy atom. The van der Waals surface area contributed by atoms with Crippen LogP contribution in [-0.4, -0.2) is 22.9 Å². The molecule has 2 heteroatoms. The molecule has 2 rings (SSSR count). The second-order valence-corrected chi connectivity index (χ2v) is 6.41. The molecule has 0 aliphatic rings. The Kier molecular flexibility index (Phi) is 5.46. The first-order valence-corrected chi connectivity index (χ1v) is 8.28. The SMILES string of the molecule is [2H]C(Cc1ccccc1)(C(=O)N(C(C)C)C(C)C)c1ccccc1. The Hall–Kier alpha value is -2.09. The lowest BCUT2D eigenvalue weighted by atomic mass is 9.90. The summed E-state index contributed by atoms with van der Waals surface area (Å²) in [6, 6.07) is 19.4. The van der Waals surface area contributed by atoms with E-state index >= 15 is 0 Å². The molecule has 0 aliphatic heterocycles. The van der Waals surface area contributed by atoms with E-state index < -0.39 is 5.89 Å². The number of carbonyl (C=O) groups is 1. The highest BCUT2D eigenvalue weighted by atomic mass is 16.2. The van der Waals surface area contributed by atoms with Gasteiger partial charge in [0, 0.05) is 13.5 Å². The van der Waals surface area contributed by atoms with Crippen molar-refractivity contribution in [2.75, 3.05) is 0 Å². The van der Waals surface area contributed by atoms with Crippen LogP contribution in [0.15, 0.2) is 60.7 Å². The summed E-state index contributed by atoms with van der Waals surface area (Å²) >= 11 is 0. The quantitative estimate of drug-likeness (QED) is 0.760. The first-order chi connectivity index (χ1) is 11.4. The average Bonchev–Trinajstić information content (AvgIpc) is 2.55. The summed E-state index contributed by atoms with van der Waals surface area (Å²) in [6.07, 6.45) is 0.368. The maximum absolute atomic E-state index is 13.4. The molecule has 2 aromatic carbocycles. The number of benzene rings is 2. The number of hydrogen-bond acceptors (Lipinski definition) is 1. The second-order valence-electron chi connectivity index (χ2n) is 6.41. The number of hydrogen-bond donors (Lipinski definition) is 0. The van der Waals surface area contributed by atoms with E-state index in [4.69, 9.17) is 1.37 Å². The van der Waals surface area contributed by atoms with Gasteiger partial charge in [-0.1, -0.05) is 60.7 Å². The molecule has 0 saturated heterocycles. The van der Waals surface area contributed by atoms with Crippen molar-refractivity contribution < 1.29 is 6.17 Å². The van der Waals surface area contributed by atoms with Crippen LogP contribution in [0.2, 0.25) is 0 Å². The van der Waals surface area contributed by atoms with Crippen molar-refractivity contribution in [2.45, 2.75) is 52.1 Å². The molecule has 0 bridgehead atoms. The van der Waals surface area contributed by atoms with Crippen molar-refractivity contribution in [3.63, 3.8) is 0 Å². The molecular weight excluding hydrogens is 282 g/mol. The lowest BCUT2D eigenvalue weighted by Gasteiger charge is -2.34. The molecule has 2 aromatic rings. The summed E-state index contributed by atoms with van der Waals surface area (Å²) in [4.78, 5) is 15.2. The van der Waals surface area contributed by atoms with Gasteiger partial charge in [-0.15, -0.1) is 0 Å². The highest BCUT2D eigenvalue weighted by Crippen LogP contribution is 2.25. The number of carbonyl (C=O) groups excluding carboxylic acids is 1. The molecule has 1 atom stereocenters. The second kappa shape index (κ2) is 7.96. The van der Waals surface area contributed by atoms with Gasteiger partial charge in [0.25, 0.3) is 0 Å². The lowest BCUT2D eigenvalue weighted by Crippen LogP contribution is -2.45. The molecule has 0 spiro atoms. The van der Waals surface area contributed by atoms with Gasteiger partial charge in [-0.3, -0.25) is 4.79 Å². The zero-order chi connectivity index (χ0) is 17.7. The van der Waals surface area contributed by atoms with Crippen molar-refractivity contribution in [3.05, 3.63) is 71.8 Å². The summed E-state index contributed by atoms with van der Waals surface area (Å²) in [7, 11) is 0. The molecule has 1 amide bonds. The molecule has 23 heavy (non-hydrogen) atoms. The molecule has 0 radical (unpaired) electrons. The molecule has 1 unspecified atom stereocenters. The van der Waals surface area contributed by atoms with Crippen molar-refractivity contribution >= 4 is 5.91 Å². The molecule has 0 N–H and O–H groups in total. The van der Waals surface area contributed by atoms with Crippen molar-refractivity contribution in [1.82, 2.24) is 4.90 Å². The fraction of sp³-hybridized carbons (Fsp3) is 0.381.